The summed E-state index contributed by atoms with van der Waals surface area (Å²) >= 11 is 0. The van der Waals surface area contributed by atoms with Gasteiger partial charge in [-0.15, -0.1) is 0 Å². The van der Waals surface area contributed by atoms with E-state index in [4.69, 9.17) is 5.73 Å². The fraction of sp³-hybridized carbons (Fsp3) is 0.286. The molecule has 0 bridgehead atoms. The molecule has 0 fully saturated rings. The molecule has 0 unspecified atom stereocenters. The average molecular weight is 165 g/mol. The van der Waals surface area contributed by atoms with Gasteiger partial charge in [0.1, 0.15) is 12.0 Å². The zero-order valence-corrected chi connectivity index (χ0v) is 7.07. The number of anilines is 2. The minimum absolute atomic E-state index is 0.382. The Balaban J connectivity index is 3.19. The molecule has 0 saturated heterocycles. The predicted molar refractivity (Wildman–Crippen MR) is 49.8 cm³/mol. The van der Waals surface area contributed by atoms with Crippen LogP contribution in [0.15, 0.2) is 11.3 Å². The summed E-state index contributed by atoms with van der Waals surface area (Å²) < 4.78 is 0. The van der Waals surface area contributed by atoms with Gasteiger partial charge in [0.05, 0.1) is 0 Å². The molecule has 0 spiro atoms. The van der Waals surface area contributed by atoms with Gasteiger partial charge >= 0.3 is 0 Å². The molecular weight excluding hydrogens is 154 g/mol. The molecule has 0 saturated carbocycles. The number of rotatable bonds is 2. The third-order valence-electron chi connectivity index (χ3n) is 1.35. The van der Waals surface area contributed by atoms with E-state index >= 15 is 0 Å². The highest BCUT2D eigenvalue weighted by atomic mass is 15.1. The second-order valence-corrected chi connectivity index (χ2v) is 2.09. The highest BCUT2D eigenvalue weighted by molar-refractivity contribution is 5.76. The van der Waals surface area contributed by atoms with Gasteiger partial charge in [-0.2, -0.15) is 0 Å². The molecule has 1 aromatic heterocycles. The monoisotopic (exact) mass is 165 g/mol. The van der Waals surface area contributed by atoms with Crippen molar-refractivity contribution in [2.45, 2.75) is 6.92 Å². The fourth-order valence-corrected chi connectivity index (χ4v) is 0.832. The van der Waals surface area contributed by atoms with Crippen molar-refractivity contribution in [3.8, 4) is 0 Å². The van der Waals surface area contributed by atoms with E-state index in [0.29, 0.717) is 17.3 Å². The molecule has 0 aliphatic rings. The van der Waals surface area contributed by atoms with Gasteiger partial charge in [0, 0.05) is 13.3 Å². The van der Waals surface area contributed by atoms with Gasteiger partial charge in [-0.1, -0.05) is 0 Å². The van der Waals surface area contributed by atoms with Crippen molar-refractivity contribution in [2.24, 2.45) is 4.99 Å². The zero-order chi connectivity index (χ0) is 8.97. The van der Waals surface area contributed by atoms with E-state index in [1.54, 1.807) is 13.3 Å². The Bertz CT molecular complexity index is 294. The molecule has 1 aromatic rings. The summed E-state index contributed by atoms with van der Waals surface area (Å²) in [6, 6.07) is 0. The summed E-state index contributed by atoms with van der Waals surface area (Å²) in [5.41, 5.74) is 6.16. The first-order chi connectivity index (χ1) is 5.79. The second kappa shape index (κ2) is 3.66. The van der Waals surface area contributed by atoms with Crippen LogP contribution < -0.4 is 11.1 Å². The normalized spacial score (nSPS) is 10.5. The van der Waals surface area contributed by atoms with Crippen LogP contribution in [0.3, 0.4) is 0 Å². The van der Waals surface area contributed by atoms with E-state index in [0.717, 1.165) is 0 Å². The van der Waals surface area contributed by atoms with Gasteiger partial charge in [0.2, 0.25) is 0 Å². The molecule has 1 heterocycles. The minimum Gasteiger partial charge on any atom is -0.382 e. The highest BCUT2D eigenvalue weighted by Gasteiger charge is 2.04. The highest BCUT2D eigenvalue weighted by Crippen LogP contribution is 2.25. The van der Waals surface area contributed by atoms with E-state index in [9.17, 15) is 0 Å². The van der Waals surface area contributed by atoms with Crippen molar-refractivity contribution >= 4 is 23.5 Å². The maximum atomic E-state index is 5.58. The standard InChI is InChI=1S/C7H11N5/c1-3-10-5-6(8)11-4-12-7(5)9-2/h3-4H,1-2H3,(H3,8,9,11,12). The van der Waals surface area contributed by atoms with Gasteiger partial charge in [-0.3, -0.25) is 4.99 Å². The largest absolute Gasteiger partial charge is 0.382 e. The lowest BCUT2D eigenvalue weighted by molar-refractivity contribution is 1.16. The summed E-state index contributed by atoms with van der Waals surface area (Å²) in [5.74, 6) is 1.02. The number of aromatic nitrogens is 2. The van der Waals surface area contributed by atoms with Crippen molar-refractivity contribution in [3.05, 3.63) is 6.33 Å². The summed E-state index contributed by atoms with van der Waals surface area (Å²) in [4.78, 5) is 11.8. The van der Waals surface area contributed by atoms with E-state index in [1.165, 1.54) is 6.33 Å². The van der Waals surface area contributed by atoms with Crippen LogP contribution in [0.1, 0.15) is 6.92 Å². The maximum absolute atomic E-state index is 5.58. The van der Waals surface area contributed by atoms with Crippen molar-refractivity contribution in [2.75, 3.05) is 18.1 Å². The lowest BCUT2D eigenvalue weighted by Crippen LogP contribution is -1.98. The van der Waals surface area contributed by atoms with Crippen molar-refractivity contribution in [1.29, 1.82) is 0 Å². The predicted octanol–water partition coefficient (Wildman–Crippen LogP) is 0.823. The maximum Gasteiger partial charge on any atom is 0.157 e. The number of hydrogen-bond acceptors (Lipinski definition) is 5. The first kappa shape index (κ1) is 8.45. The average Bonchev–Trinajstić information content (AvgIpc) is 2.09. The number of aliphatic imine (C=N–C) groups is 1. The number of nitrogens with zero attached hydrogens (tertiary/aromatic N) is 3. The zero-order valence-electron chi connectivity index (χ0n) is 7.07. The van der Waals surface area contributed by atoms with Crippen LogP contribution in [0, 0.1) is 0 Å². The van der Waals surface area contributed by atoms with E-state index < -0.39 is 0 Å². The summed E-state index contributed by atoms with van der Waals surface area (Å²) in [6.45, 7) is 1.81. The molecular formula is C7H11N5. The van der Waals surface area contributed by atoms with Crippen LogP contribution in [-0.2, 0) is 0 Å². The van der Waals surface area contributed by atoms with Crippen LogP contribution in [0.2, 0.25) is 0 Å². The number of hydrogen-bond donors (Lipinski definition) is 2. The summed E-state index contributed by atoms with van der Waals surface area (Å²) in [6.07, 6.45) is 3.05. The van der Waals surface area contributed by atoms with Crippen LogP contribution in [0.5, 0.6) is 0 Å². The van der Waals surface area contributed by atoms with Gasteiger partial charge in [0.25, 0.3) is 0 Å². The summed E-state index contributed by atoms with van der Waals surface area (Å²) in [5, 5.41) is 2.88. The Morgan fingerprint density at radius 1 is 1.58 bits per heavy atom. The molecule has 0 atom stereocenters. The van der Waals surface area contributed by atoms with Gasteiger partial charge < -0.3 is 11.1 Å². The fourth-order valence-electron chi connectivity index (χ4n) is 0.832. The molecule has 0 aliphatic carbocycles. The minimum atomic E-state index is 0.382. The Hall–Kier alpha value is -1.65. The second-order valence-electron chi connectivity index (χ2n) is 2.09. The molecule has 0 amide bonds. The number of nitrogens with two attached hydrogens (primary N) is 1. The SMILES string of the molecule is CC=Nc1c(N)ncnc1NC. The van der Waals surface area contributed by atoms with Gasteiger partial charge in [-0.25, -0.2) is 9.97 Å². The Morgan fingerprint density at radius 3 is 2.92 bits per heavy atom. The van der Waals surface area contributed by atoms with Gasteiger partial charge in [0.15, 0.2) is 11.6 Å². The third kappa shape index (κ3) is 1.50. The molecule has 0 aromatic carbocycles. The molecule has 0 aliphatic heterocycles. The van der Waals surface area contributed by atoms with Gasteiger partial charge in [-0.05, 0) is 6.92 Å². The molecule has 3 N–H and O–H groups in total. The number of nitrogen functional groups attached to an aromatic ring is 1. The number of nitrogens with one attached hydrogen (secondary N) is 1. The Labute approximate surface area is 70.8 Å². The molecule has 1 rings (SSSR count). The van der Waals surface area contributed by atoms with Crippen LogP contribution in [0.4, 0.5) is 17.3 Å². The molecule has 64 valence electrons. The lowest BCUT2D eigenvalue weighted by atomic mass is 10.4. The summed E-state index contributed by atoms with van der Waals surface area (Å²) in [7, 11) is 1.76. The molecule has 0 radical (unpaired) electrons. The smallest absolute Gasteiger partial charge is 0.157 e. The van der Waals surface area contributed by atoms with Crippen molar-refractivity contribution in [3.63, 3.8) is 0 Å². The van der Waals surface area contributed by atoms with Crippen LogP contribution >= 0.6 is 0 Å². The molecule has 5 heteroatoms. The molecule has 5 nitrogen and oxygen atoms in total. The first-order valence-electron chi connectivity index (χ1n) is 3.56. The van der Waals surface area contributed by atoms with Crippen molar-refractivity contribution < 1.29 is 0 Å². The molecule has 12 heavy (non-hydrogen) atoms. The van der Waals surface area contributed by atoms with Crippen LogP contribution in [-0.4, -0.2) is 23.2 Å². The lowest BCUT2D eigenvalue weighted by Gasteiger charge is -2.03. The first-order valence-corrected chi connectivity index (χ1v) is 3.56. The quantitative estimate of drug-likeness (QED) is 0.636. The van der Waals surface area contributed by atoms with E-state index in [1.807, 2.05) is 6.92 Å². The Morgan fingerprint density at radius 2 is 2.33 bits per heavy atom. The van der Waals surface area contributed by atoms with E-state index in [-0.39, 0.29) is 0 Å². The van der Waals surface area contributed by atoms with Crippen LogP contribution in [0.25, 0.3) is 0 Å². The Kier molecular flexibility index (Phi) is 2.57. The van der Waals surface area contributed by atoms with Crippen molar-refractivity contribution in [1.82, 2.24) is 9.97 Å². The third-order valence-corrected chi connectivity index (χ3v) is 1.35. The van der Waals surface area contributed by atoms with E-state index in [2.05, 4.69) is 20.3 Å². The topological polar surface area (TPSA) is 76.2 Å².